The van der Waals surface area contributed by atoms with Gasteiger partial charge in [0.15, 0.2) is 11.6 Å². The molecule has 0 saturated heterocycles. The van der Waals surface area contributed by atoms with E-state index in [-0.39, 0.29) is 22.9 Å². The molecule has 4 aromatic carbocycles. The highest BCUT2D eigenvalue weighted by atomic mass is 16.5. The van der Waals surface area contributed by atoms with Crippen LogP contribution in [0.1, 0.15) is 43.0 Å². The van der Waals surface area contributed by atoms with Crippen molar-refractivity contribution >= 4 is 11.6 Å². The van der Waals surface area contributed by atoms with Crippen molar-refractivity contribution in [3.8, 4) is 11.5 Å². The van der Waals surface area contributed by atoms with Gasteiger partial charge in [0.2, 0.25) is 0 Å². The van der Waals surface area contributed by atoms with E-state index in [0.717, 1.165) is 11.1 Å². The minimum absolute atomic E-state index is 0.0711. The summed E-state index contributed by atoms with van der Waals surface area (Å²) in [5.41, 5.74) is 4.65. The zero-order chi connectivity index (χ0) is 23.8. The molecule has 33 heavy (non-hydrogen) atoms. The van der Waals surface area contributed by atoms with Gasteiger partial charge in [-0.05, 0) is 26.0 Å². The van der Waals surface area contributed by atoms with E-state index in [4.69, 9.17) is 4.74 Å². The second kappa shape index (κ2) is 10.9. The van der Waals surface area contributed by atoms with E-state index < -0.39 is 0 Å². The molecule has 4 rings (SSSR count). The molecule has 0 aliphatic heterocycles. The van der Waals surface area contributed by atoms with Crippen LogP contribution in [0.2, 0.25) is 0 Å². The molecule has 0 unspecified atom stereocenters. The second-order valence-corrected chi connectivity index (χ2v) is 7.64. The van der Waals surface area contributed by atoms with Crippen LogP contribution in [0.15, 0.2) is 97.1 Å². The van der Waals surface area contributed by atoms with Crippen molar-refractivity contribution in [2.75, 3.05) is 7.11 Å². The molecule has 0 saturated carbocycles. The number of phenols is 1. The molecule has 1 N–H and O–H groups in total. The molecule has 0 aliphatic carbocycles. The number of ketones is 2. The van der Waals surface area contributed by atoms with Crippen molar-refractivity contribution in [2.45, 2.75) is 13.8 Å². The van der Waals surface area contributed by atoms with Gasteiger partial charge in [-0.3, -0.25) is 9.59 Å². The Kier molecular flexibility index (Phi) is 7.77. The molecular weight excluding hydrogens is 412 g/mol. The number of aryl methyl sites for hydroxylation is 2. The molecule has 0 aromatic heterocycles. The fourth-order valence-electron chi connectivity index (χ4n) is 3.15. The van der Waals surface area contributed by atoms with Gasteiger partial charge in [-0.25, -0.2) is 0 Å². The molecule has 0 aliphatic rings. The summed E-state index contributed by atoms with van der Waals surface area (Å²) < 4.78 is 4.96. The van der Waals surface area contributed by atoms with Crippen LogP contribution >= 0.6 is 0 Å². The van der Waals surface area contributed by atoms with E-state index in [1.54, 1.807) is 36.4 Å². The van der Waals surface area contributed by atoms with E-state index in [2.05, 4.69) is 0 Å². The largest absolute Gasteiger partial charge is 0.507 e. The summed E-state index contributed by atoms with van der Waals surface area (Å²) in [5.74, 6) is 0.330. The predicted molar refractivity (Wildman–Crippen MR) is 130 cm³/mol. The molecule has 0 fully saturated rings. The van der Waals surface area contributed by atoms with Crippen molar-refractivity contribution in [3.05, 3.63) is 130 Å². The first-order valence-corrected chi connectivity index (χ1v) is 10.5. The fraction of sp³-hybridized carbons (Fsp3) is 0.103. The van der Waals surface area contributed by atoms with Gasteiger partial charge in [-0.15, -0.1) is 0 Å². The summed E-state index contributed by atoms with van der Waals surface area (Å²) in [4.78, 5) is 24.1. The molecule has 0 radical (unpaired) electrons. The summed E-state index contributed by atoms with van der Waals surface area (Å²) in [7, 11) is 1.51. The number of hydrogen-bond donors (Lipinski definition) is 1. The van der Waals surface area contributed by atoms with Gasteiger partial charge in [0.1, 0.15) is 11.5 Å². The summed E-state index contributed by atoms with van der Waals surface area (Å²) in [6.07, 6.45) is 0. The quantitative estimate of drug-likeness (QED) is 0.379. The molecule has 0 atom stereocenters. The Hall–Kier alpha value is -4.18. The third kappa shape index (κ3) is 6.17. The lowest BCUT2D eigenvalue weighted by Gasteiger charge is -2.06. The van der Waals surface area contributed by atoms with Gasteiger partial charge < -0.3 is 9.84 Å². The van der Waals surface area contributed by atoms with Crippen LogP contribution in [0, 0.1) is 13.8 Å². The van der Waals surface area contributed by atoms with E-state index in [9.17, 15) is 14.7 Å². The third-order valence-corrected chi connectivity index (χ3v) is 5.11. The number of phenolic OH excluding ortho intramolecular Hbond substituents is 1. The summed E-state index contributed by atoms with van der Waals surface area (Å²) in [5, 5.41) is 9.75. The van der Waals surface area contributed by atoms with Crippen molar-refractivity contribution in [2.24, 2.45) is 0 Å². The smallest absolute Gasteiger partial charge is 0.196 e. The number of aromatic hydroxyl groups is 1. The van der Waals surface area contributed by atoms with E-state index >= 15 is 0 Å². The average molecular weight is 439 g/mol. The molecular formula is C29H26O4. The average Bonchev–Trinajstić information content (AvgIpc) is 2.85. The number of carbonyl (C=O) groups is 2. The van der Waals surface area contributed by atoms with Crippen LogP contribution in [0.3, 0.4) is 0 Å². The molecule has 0 heterocycles. The number of carbonyl (C=O) groups excluding carboxylic acids is 2. The highest BCUT2D eigenvalue weighted by Gasteiger charge is 2.13. The molecule has 166 valence electrons. The molecule has 4 heteroatoms. The number of benzene rings is 4. The Morgan fingerprint density at radius 3 is 1.58 bits per heavy atom. The number of methoxy groups -OCH3 is 1. The minimum Gasteiger partial charge on any atom is -0.507 e. The van der Waals surface area contributed by atoms with E-state index in [1.807, 2.05) is 68.4 Å². The first kappa shape index (κ1) is 23.5. The fourth-order valence-corrected chi connectivity index (χ4v) is 3.15. The standard InChI is InChI=1S/C15H14O.C14H12O3/c1-11-3-7-13(8-4-11)15(16)14-9-5-12(2)6-10-14;1-17-11-7-8-12(13(15)9-11)14(16)10-5-3-2-4-6-10/h3-10H,1-2H3;2-9,15H,1H3. The lowest BCUT2D eigenvalue weighted by atomic mass is 10.0. The minimum atomic E-state index is -0.203. The van der Waals surface area contributed by atoms with Crippen LogP contribution < -0.4 is 4.74 Å². The van der Waals surface area contributed by atoms with Gasteiger partial charge in [0.05, 0.1) is 12.7 Å². The van der Waals surface area contributed by atoms with E-state index in [1.165, 1.54) is 24.3 Å². The van der Waals surface area contributed by atoms with Gasteiger partial charge in [0, 0.05) is 22.8 Å². The van der Waals surface area contributed by atoms with Crippen molar-refractivity contribution in [3.63, 3.8) is 0 Å². The molecule has 4 nitrogen and oxygen atoms in total. The zero-order valence-corrected chi connectivity index (χ0v) is 18.9. The maximum absolute atomic E-state index is 12.1. The van der Waals surface area contributed by atoms with Crippen LogP contribution in [0.4, 0.5) is 0 Å². The summed E-state index contributed by atoms with van der Waals surface area (Å²) in [6.45, 7) is 4.03. The maximum Gasteiger partial charge on any atom is 0.196 e. The zero-order valence-electron chi connectivity index (χ0n) is 18.9. The topological polar surface area (TPSA) is 63.6 Å². The van der Waals surface area contributed by atoms with Gasteiger partial charge in [-0.1, -0.05) is 90.0 Å². The van der Waals surface area contributed by atoms with Gasteiger partial charge >= 0.3 is 0 Å². The van der Waals surface area contributed by atoms with Crippen molar-refractivity contribution < 1.29 is 19.4 Å². The van der Waals surface area contributed by atoms with Crippen LogP contribution in [0.5, 0.6) is 11.5 Å². The molecule has 0 spiro atoms. The van der Waals surface area contributed by atoms with Gasteiger partial charge in [-0.2, -0.15) is 0 Å². The number of ether oxygens (including phenoxy) is 1. The monoisotopic (exact) mass is 438 g/mol. The molecule has 4 aromatic rings. The lowest BCUT2D eigenvalue weighted by Crippen LogP contribution is -2.01. The first-order chi connectivity index (χ1) is 15.9. The van der Waals surface area contributed by atoms with Crippen molar-refractivity contribution in [1.29, 1.82) is 0 Å². The van der Waals surface area contributed by atoms with Crippen molar-refractivity contribution in [1.82, 2.24) is 0 Å². The highest BCUT2D eigenvalue weighted by Crippen LogP contribution is 2.25. The normalized spacial score (nSPS) is 10.0. The Morgan fingerprint density at radius 2 is 1.12 bits per heavy atom. The van der Waals surface area contributed by atoms with Crippen LogP contribution in [-0.2, 0) is 0 Å². The van der Waals surface area contributed by atoms with Gasteiger partial charge in [0.25, 0.3) is 0 Å². The highest BCUT2D eigenvalue weighted by molar-refractivity contribution is 6.10. The Balaban J connectivity index is 0.000000186. The summed E-state index contributed by atoms with van der Waals surface area (Å²) >= 11 is 0. The first-order valence-electron chi connectivity index (χ1n) is 10.5. The van der Waals surface area contributed by atoms with E-state index in [0.29, 0.717) is 11.3 Å². The number of rotatable bonds is 5. The van der Waals surface area contributed by atoms with Crippen LogP contribution in [-0.4, -0.2) is 23.8 Å². The second-order valence-electron chi connectivity index (χ2n) is 7.64. The Labute approximate surface area is 194 Å². The SMILES string of the molecule is COc1ccc(C(=O)c2ccccc2)c(O)c1.Cc1ccc(C(=O)c2ccc(C)cc2)cc1. The lowest BCUT2D eigenvalue weighted by molar-refractivity contribution is 0.102. The number of hydrogen-bond acceptors (Lipinski definition) is 4. The maximum atomic E-state index is 12.1. The molecule has 0 bridgehead atoms. The predicted octanol–water partition coefficient (Wildman–Crippen LogP) is 6.17. The Morgan fingerprint density at radius 1 is 0.636 bits per heavy atom. The summed E-state index contributed by atoms with van der Waals surface area (Å²) in [6, 6.07) is 28.8. The third-order valence-electron chi connectivity index (χ3n) is 5.11. The van der Waals surface area contributed by atoms with Crippen LogP contribution in [0.25, 0.3) is 0 Å². The molecule has 0 amide bonds. The Bertz CT molecular complexity index is 1180.